The standard InChI is InChI=1S/C8H6O4.C6H10O4.C6H14/c9-7(10)5-2-1-3-6(4-5)8(11)12;7-5(8)3-1-2-4-6(9)10;1-3-5-6-4-2/h1-4H,(H,9,10)(H,11,12);1-4H2,(H,7,8)(H,9,10);3-6H2,1-2H3. The first-order chi connectivity index (χ1) is 13.1. The first-order valence-corrected chi connectivity index (χ1v) is 9.15. The van der Waals surface area contributed by atoms with Gasteiger partial charge in [-0.15, -0.1) is 0 Å². The van der Waals surface area contributed by atoms with Crippen LogP contribution in [0, 0.1) is 0 Å². The largest absolute Gasteiger partial charge is 0.481 e. The maximum absolute atomic E-state index is 10.4. The average molecular weight is 398 g/mol. The molecular formula is C20H30O8. The number of hydrogen-bond donors (Lipinski definition) is 4. The molecule has 0 radical (unpaired) electrons. The highest BCUT2D eigenvalue weighted by atomic mass is 16.4. The molecule has 0 aliphatic carbocycles. The Kier molecular flexibility index (Phi) is 17.1. The van der Waals surface area contributed by atoms with E-state index in [9.17, 15) is 19.2 Å². The van der Waals surface area contributed by atoms with E-state index in [2.05, 4.69) is 13.8 Å². The molecule has 0 unspecified atom stereocenters. The van der Waals surface area contributed by atoms with Crippen LogP contribution < -0.4 is 0 Å². The molecule has 1 aromatic rings. The van der Waals surface area contributed by atoms with Gasteiger partial charge in [0.25, 0.3) is 0 Å². The third-order valence-electron chi connectivity index (χ3n) is 3.34. The first-order valence-electron chi connectivity index (χ1n) is 9.15. The van der Waals surface area contributed by atoms with Crippen LogP contribution in [0.25, 0.3) is 0 Å². The van der Waals surface area contributed by atoms with E-state index in [1.165, 1.54) is 43.9 Å². The quantitative estimate of drug-likeness (QED) is 0.424. The van der Waals surface area contributed by atoms with Crippen LogP contribution in [-0.2, 0) is 9.59 Å². The van der Waals surface area contributed by atoms with Crippen LogP contribution in [0.3, 0.4) is 0 Å². The van der Waals surface area contributed by atoms with Gasteiger partial charge in [0, 0.05) is 12.8 Å². The monoisotopic (exact) mass is 398 g/mol. The molecule has 0 bridgehead atoms. The highest BCUT2D eigenvalue weighted by Gasteiger charge is 2.06. The normalized spacial score (nSPS) is 9.21. The Morgan fingerprint density at radius 3 is 1.29 bits per heavy atom. The van der Waals surface area contributed by atoms with Crippen molar-refractivity contribution < 1.29 is 39.6 Å². The molecule has 8 nitrogen and oxygen atoms in total. The number of aliphatic carboxylic acids is 2. The topological polar surface area (TPSA) is 149 Å². The number of benzene rings is 1. The van der Waals surface area contributed by atoms with Crippen molar-refractivity contribution in [2.24, 2.45) is 0 Å². The molecule has 8 heteroatoms. The maximum Gasteiger partial charge on any atom is 0.335 e. The zero-order valence-electron chi connectivity index (χ0n) is 16.4. The van der Waals surface area contributed by atoms with Crippen molar-refractivity contribution in [2.75, 3.05) is 0 Å². The summed E-state index contributed by atoms with van der Waals surface area (Å²) in [6, 6.07) is 5.20. The molecule has 0 saturated carbocycles. The average Bonchev–Trinajstić information content (AvgIpc) is 2.64. The minimum Gasteiger partial charge on any atom is -0.481 e. The second-order valence-corrected chi connectivity index (χ2v) is 5.89. The summed E-state index contributed by atoms with van der Waals surface area (Å²) >= 11 is 0. The Hall–Kier alpha value is -2.90. The van der Waals surface area contributed by atoms with Gasteiger partial charge in [-0.2, -0.15) is 0 Å². The Labute approximate surface area is 164 Å². The lowest BCUT2D eigenvalue weighted by Crippen LogP contribution is -2.01. The molecule has 0 heterocycles. The molecule has 0 amide bonds. The molecule has 4 N–H and O–H groups in total. The fraction of sp³-hybridized carbons (Fsp3) is 0.500. The van der Waals surface area contributed by atoms with Gasteiger partial charge in [-0.1, -0.05) is 45.6 Å². The summed E-state index contributed by atoms with van der Waals surface area (Å²) in [5, 5.41) is 33.3. The van der Waals surface area contributed by atoms with Crippen LogP contribution in [0.1, 0.15) is 85.9 Å². The van der Waals surface area contributed by atoms with E-state index in [-0.39, 0.29) is 24.0 Å². The number of carbonyl (C=O) groups is 4. The highest BCUT2D eigenvalue weighted by molar-refractivity contribution is 5.93. The van der Waals surface area contributed by atoms with Gasteiger partial charge >= 0.3 is 23.9 Å². The van der Waals surface area contributed by atoms with Crippen LogP contribution in [0.15, 0.2) is 24.3 Å². The predicted octanol–water partition coefficient (Wildman–Crippen LogP) is 4.39. The summed E-state index contributed by atoms with van der Waals surface area (Å²) in [5.74, 6) is -3.99. The van der Waals surface area contributed by atoms with Crippen LogP contribution in [0.5, 0.6) is 0 Å². The van der Waals surface area contributed by atoms with Crippen molar-refractivity contribution in [3.05, 3.63) is 35.4 Å². The third kappa shape index (κ3) is 17.9. The summed E-state index contributed by atoms with van der Waals surface area (Å²) < 4.78 is 0. The summed E-state index contributed by atoms with van der Waals surface area (Å²) in [5.41, 5.74) is -0.0372. The zero-order chi connectivity index (χ0) is 21.9. The molecule has 0 saturated heterocycles. The van der Waals surface area contributed by atoms with Crippen LogP contribution in [0.4, 0.5) is 0 Å². The van der Waals surface area contributed by atoms with E-state index in [1.54, 1.807) is 0 Å². The van der Waals surface area contributed by atoms with Gasteiger partial charge in [0.15, 0.2) is 0 Å². The van der Waals surface area contributed by atoms with Crippen molar-refractivity contribution in [1.29, 1.82) is 0 Å². The third-order valence-corrected chi connectivity index (χ3v) is 3.34. The smallest absolute Gasteiger partial charge is 0.335 e. The Morgan fingerprint density at radius 1 is 0.679 bits per heavy atom. The molecule has 158 valence electrons. The summed E-state index contributed by atoms with van der Waals surface area (Å²) in [4.78, 5) is 40.6. The van der Waals surface area contributed by atoms with E-state index in [4.69, 9.17) is 20.4 Å². The lowest BCUT2D eigenvalue weighted by Gasteiger charge is -1.95. The van der Waals surface area contributed by atoms with Crippen LogP contribution >= 0.6 is 0 Å². The second kappa shape index (κ2) is 17.5. The molecule has 0 atom stereocenters. The number of aromatic carboxylic acids is 2. The molecule has 0 aromatic heterocycles. The van der Waals surface area contributed by atoms with Crippen molar-refractivity contribution in [3.63, 3.8) is 0 Å². The molecular weight excluding hydrogens is 368 g/mol. The molecule has 0 spiro atoms. The van der Waals surface area contributed by atoms with E-state index >= 15 is 0 Å². The van der Waals surface area contributed by atoms with E-state index < -0.39 is 23.9 Å². The number of unbranched alkanes of at least 4 members (excludes halogenated alkanes) is 4. The fourth-order valence-electron chi connectivity index (χ4n) is 1.84. The minimum atomic E-state index is -1.13. The molecule has 0 aliphatic heterocycles. The van der Waals surface area contributed by atoms with E-state index in [1.807, 2.05) is 0 Å². The van der Waals surface area contributed by atoms with Crippen molar-refractivity contribution >= 4 is 23.9 Å². The Bertz CT molecular complexity index is 561. The number of hydrogen-bond acceptors (Lipinski definition) is 4. The van der Waals surface area contributed by atoms with Gasteiger partial charge in [0.2, 0.25) is 0 Å². The molecule has 28 heavy (non-hydrogen) atoms. The van der Waals surface area contributed by atoms with Gasteiger partial charge in [0.05, 0.1) is 11.1 Å². The lowest BCUT2D eigenvalue weighted by atomic mass is 10.1. The fourth-order valence-corrected chi connectivity index (χ4v) is 1.84. The van der Waals surface area contributed by atoms with Crippen LogP contribution in [0.2, 0.25) is 0 Å². The van der Waals surface area contributed by atoms with Crippen molar-refractivity contribution in [3.8, 4) is 0 Å². The van der Waals surface area contributed by atoms with E-state index in [0.717, 1.165) is 6.07 Å². The molecule has 1 rings (SSSR count). The molecule has 1 aromatic carbocycles. The Balaban J connectivity index is 0. The predicted molar refractivity (Wildman–Crippen MR) is 104 cm³/mol. The Morgan fingerprint density at radius 2 is 1.04 bits per heavy atom. The molecule has 0 fully saturated rings. The molecule has 0 aliphatic rings. The summed E-state index contributed by atoms with van der Waals surface area (Å²) in [6.07, 6.45) is 6.55. The van der Waals surface area contributed by atoms with Gasteiger partial charge in [-0.05, 0) is 31.0 Å². The number of carboxylic acid groups (broad SMARTS) is 4. The van der Waals surface area contributed by atoms with Crippen molar-refractivity contribution in [2.45, 2.75) is 65.2 Å². The van der Waals surface area contributed by atoms with Gasteiger partial charge < -0.3 is 20.4 Å². The highest BCUT2D eigenvalue weighted by Crippen LogP contribution is 2.04. The number of rotatable bonds is 10. The van der Waals surface area contributed by atoms with Gasteiger partial charge in [-0.25, -0.2) is 9.59 Å². The maximum atomic E-state index is 10.4. The second-order valence-electron chi connectivity index (χ2n) is 5.89. The zero-order valence-corrected chi connectivity index (χ0v) is 16.4. The van der Waals surface area contributed by atoms with Crippen molar-refractivity contribution in [1.82, 2.24) is 0 Å². The lowest BCUT2D eigenvalue weighted by molar-refractivity contribution is -0.139. The first kappa shape index (κ1) is 27.3. The van der Waals surface area contributed by atoms with Gasteiger partial charge in [-0.3, -0.25) is 9.59 Å². The minimum absolute atomic E-state index is 0.0186. The SMILES string of the molecule is CCCCCC.O=C(O)CCCCC(=O)O.O=C(O)c1cccc(C(=O)O)c1. The number of carboxylic acids is 4. The van der Waals surface area contributed by atoms with E-state index in [0.29, 0.717) is 12.8 Å². The summed E-state index contributed by atoms with van der Waals surface area (Å²) in [6.45, 7) is 4.46. The summed E-state index contributed by atoms with van der Waals surface area (Å²) in [7, 11) is 0. The van der Waals surface area contributed by atoms with Crippen LogP contribution in [-0.4, -0.2) is 44.3 Å². The van der Waals surface area contributed by atoms with Gasteiger partial charge in [0.1, 0.15) is 0 Å².